The Morgan fingerprint density at radius 3 is 2.69 bits per heavy atom. The zero-order valence-electron chi connectivity index (χ0n) is 17.2. The largest absolute Gasteiger partial charge is 0.383 e. The summed E-state index contributed by atoms with van der Waals surface area (Å²) in [4.78, 5) is 22.7. The van der Waals surface area contributed by atoms with Gasteiger partial charge in [-0.3, -0.25) is 4.90 Å². The predicted molar refractivity (Wildman–Crippen MR) is 114 cm³/mol. The molecule has 4 rings (SSSR count). The van der Waals surface area contributed by atoms with Crippen molar-refractivity contribution in [1.82, 2.24) is 29.4 Å². The number of methoxy groups -OCH3 is 1. The molecule has 9 heteroatoms. The van der Waals surface area contributed by atoms with Crippen molar-refractivity contribution in [2.75, 3.05) is 56.7 Å². The highest BCUT2D eigenvalue weighted by Gasteiger charge is 2.19. The average Bonchev–Trinajstić information content (AvgIpc) is 3.16. The summed E-state index contributed by atoms with van der Waals surface area (Å²) in [6.07, 6.45) is 5.44. The zero-order valence-corrected chi connectivity index (χ0v) is 17.2. The van der Waals surface area contributed by atoms with Crippen molar-refractivity contribution < 1.29 is 4.74 Å². The van der Waals surface area contributed by atoms with Gasteiger partial charge in [0.1, 0.15) is 17.2 Å². The Labute approximate surface area is 170 Å². The Bertz CT molecular complexity index is 949. The van der Waals surface area contributed by atoms with E-state index in [0.29, 0.717) is 6.04 Å². The van der Waals surface area contributed by atoms with Gasteiger partial charge in [-0.05, 0) is 19.9 Å². The van der Waals surface area contributed by atoms with Gasteiger partial charge in [-0.2, -0.15) is 4.98 Å². The summed E-state index contributed by atoms with van der Waals surface area (Å²) < 4.78 is 7.31. The Morgan fingerprint density at radius 1 is 1.10 bits per heavy atom. The van der Waals surface area contributed by atoms with Crippen LogP contribution in [-0.2, 0) is 4.74 Å². The minimum Gasteiger partial charge on any atom is -0.383 e. The number of ether oxygens (including phenoxy) is 1. The first kappa shape index (κ1) is 19.5. The van der Waals surface area contributed by atoms with Crippen molar-refractivity contribution in [1.29, 1.82) is 0 Å². The summed E-state index contributed by atoms with van der Waals surface area (Å²) in [7, 11) is 1.74. The van der Waals surface area contributed by atoms with E-state index < -0.39 is 0 Å². The number of fused-ring (bicyclic) bond motifs is 1. The van der Waals surface area contributed by atoms with E-state index in [1.54, 1.807) is 19.5 Å². The first-order valence-corrected chi connectivity index (χ1v) is 10.0. The minimum atomic E-state index is 0.337. The molecule has 0 aromatic carbocycles. The number of piperazine rings is 1. The van der Waals surface area contributed by atoms with Crippen molar-refractivity contribution in [3.8, 4) is 0 Å². The van der Waals surface area contributed by atoms with Crippen LogP contribution < -0.4 is 10.2 Å². The molecule has 1 N–H and O–H groups in total. The molecule has 29 heavy (non-hydrogen) atoms. The number of nitrogens with one attached hydrogen (secondary N) is 1. The fraction of sp³-hybridized carbons (Fsp3) is 0.500. The van der Waals surface area contributed by atoms with Gasteiger partial charge < -0.3 is 19.5 Å². The molecule has 0 atom stereocenters. The lowest BCUT2D eigenvalue weighted by Crippen LogP contribution is -2.47. The number of pyridine rings is 1. The number of hydrogen-bond donors (Lipinski definition) is 1. The highest BCUT2D eigenvalue weighted by Crippen LogP contribution is 2.22. The van der Waals surface area contributed by atoms with E-state index in [2.05, 4.69) is 48.5 Å². The average molecular weight is 396 g/mol. The molecule has 0 spiro atoms. The lowest BCUT2D eigenvalue weighted by Gasteiger charge is -2.34. The fourth-order valence-corrected chi connectivity index (χ4v) is 3.50. The molecule has 1 aliphatic rings. The van der Waals surface area contributed by atoms with E-state index in [0.717, 1.165) is 67.9 Å². The molecule has 0 bridgehead atoms. The Hall–Kier alpha value is -2.78. The Kier molecular flexibility index (Phi) is 5.86. The van der Waals surface area contributed by atoms with Crippen LogP contribution in [0.1, 0.15) is 19.9 Å². The number of nitrogens with zero attached hydrogens (tertiary/aromatic N) is 7. The van der Waals surface area contributed by atoms with Crippen molar-refractivity contribution in [2.45, 2.75) is 19.9 Å². The number of aromatic nitrogens is 5. The van der Waals surface area contributed by atoms with Gasteiger partial charge in [0, 0.05) is 58.1 Å². The highest BCUT2D eigenvalue weighted by molar-refractivity contribution is 5.78. The van der Waals surface area contributed by atoms with E-state index in [4.69, 9.17) is 9.72 Å². The van der Waals surface area contributed by atoms with Gasteiger partial charge in [0.2, 0.25) is 5.95 Å². The van der Waals surface area contributed by atoms with Crippen molar-refractivity contribution in [3.05, 3.63) is 30.9 Å². The molecule has 1 saturated heterocycles. The second-order valence-corrected chi connectivity index (χ2v) is 7.49. The first-order valence-electron chi connectivity index (χ1n) is 10.0. The fourth-order valence-electron chi connectivity index (χ4n) is 3.50. The van der Waals surface area contributed by atoms with E-state index in [9.17, 15) is 0 Å². The van der Waals surface area contributed by atoms with Crippen LogP contribution in [0.5, 0.6) is 0 Å². The van der Waals surface area contributed by atoms with Crippen molar-refractivity contribution in [2.24, 2.45) is 0 Å². The maximum atomic E-state index is 5.17. The number of anilines is 3. The van der Waals surface area contributed by atoms with Crippen LogP contribution in [0.15, 0.2) is 30.9 Å². The molecule has 0 aliphatic carbocycles. The second kappa shape index (κ2) is 8.71. The maximum Gasteiger partial charge on any atom is 0.227 e. The van der Waals surface area contributed by atoms with E-state index >= 15 is 0 Å². The van der Waals surface area contributed by atoms with Gasteiger partial charge in [0.15, 0.2) is 0 Å². The molecule has 3 aromatic heterocycles. The minimum absolute atomic E-state index is 0.337. The van der Waals surface area contributed by atoms with Crippen molar-refractivity contribution >= 4 is 28.6 Å². The van der Waals surface area contributed by atoms with Crippen LogP contribution in [0.25, 0.3) is 11.0 Å². The smallest absolute Gasteiger partial charge is 0.227 e. The lowest BCUT2D eigenvalue weighted by molar-refractivity contribution is 0.144. The molecule has 3 aromatic rings. The van der Waals surface area contributed by atoms with Crippen LogP contribution in [0, 0.1) is 0 Å². The quantitative estimate of drug-likeness (QED) is 0.651. The third-order valence-electron chi connectivity index (χ3n) is 5.18. The lowest BCUT2D eigenvalue weighted by atomic mass is 10.3. The topological polar surface area (TPSA) is 84.2 Å². The van der Waals surface area contributed by atoms with Gasteiger partial charge in [-0.1, -0.05) is 0 Å². The summed E-state index contributed by atoms with van der Waals surface area (Å²) in [6, 6.07) is 4.21. The van der Waals surface area contributed by atoms with Crippen LogP contribution in [0.4, 0.5) is 17.6 Å². The molecule has 0 saturated carbocycles. The molecule has 154 valence electrons. The van der Waals surface area contributed by atoms with Gasteiger partial charge >= 0.3 is 0 Å². The van der Waals surface area contributed by atoms with Crippen LogP contribution in [0.3, 0.4) is 0 Å². The molecule has 0 radical (unpaired) electrons. The molecule has 0 amide bonds. The van der Waals surface area contributed by atoms with Gasteiger partial charge in [-0.25, -0.2) is 15.0 Å². The first-order chi connectivity index (χ1) is 14.1. The zero-order chi connectivity index (χ0) is 20.2. The number of imidazole rings is 1. The number of hydrogen-bond acceptors (Lipinski definition) is 8. The Morgan fingerprint density at radius 2 is 1.93 bits per heavy atom. The van der Waals surface area contributed by atoms with E-state index in [1.807, 2.05) is 18.5 Å². The SMILES string of the molecule is COCCN1CCN(c2nccc(Nc3cc4c(cn3)ncn4C(C)C)n2)CC1. The Balaban J connectivity index is 1.45. The maximum absolute atomic E-state index is 5.17. The molecular weight excluding hydrogens is 368 g/mol. The van der Waals surface area contributed by atoms with E-state index in [-0.39, 0.29) is 0 Å². The normalized spacial score (nSPS) is 15.4. The predicted octanol–water partition coefficient (Wildman–Crippen LogP) is 2.31. The van der Waals surface area contributed by atoms with Crippen molar-refractivity contribution in [3.63, 3.8) is 0 Å². The highest BCUT2D eigenvalue weighted by atomic mass is 16.5. The third kappa shape index (κ3) is 4.46. The summed E-state index contributed by atoms with van der Waals surface area (Å²) in [5, 5.41) is 3.31. The second-order valence-electron chi connectivity index (χ2n) is 7.49. The third-order valence-corrected chi connectivity index (χ3v) is 5.18. The summed E-state index contributed by atoms with van der Waals surface area (Å²) >= 11 is 0. The number of rotatable bonds is 7. The molecule has 4 heterocycles. The summed E-state index contributed by atoms with van der Waals surface area (Å²) in [5.41, 5.74) is 1.94. The molecule has 0 unspecified atom stereocenters. The van der Waals surface area contributed by atoms with E-state index in [1.165, 1.54) is 0 Å². The molecule has 9 nitrogen and oxygen atoms in total. The van der Waals surface area contributed by atoms with Crippen LogP contribution in [0.2, 0.25) is 0 Å². The van der Waals surface area contributed by atoms with Gasteiger partial charge in [-0.15, -0.1) is 0 Å². The molecule has 1 fully saturated rings. The van der Waals surface area contributed by atoms with Gasteiger partial charge in [0.25, 0.3) is 0 Å². The van der Waals surface area contributed by atoms with Gasteiger partial charge in [0.05, 0.1) is 24.6 Å². The molecular formula is C20H28N8O. The monoisotopic (exact) mass is 396 g/mol. The van der Waals surface area contributed by atoms with Crippen LogP contribution in [-0.4, -0.2) is 75.8 Å². The summed E-state index contributed by atoms with van der Waals surface area (Å²) in [5.74, 6) is 2.22. The standard InChI is InChI=1S/C20H28N8O/c1-15(2)28-14-23-16-13-22-19(12-17(16)28)24-18-4-5-21-20(25-18)27-8-6-26(7-9-27)10-11-29-3/h4-5,12-15H,6-11H2,1-3H3,(H,21,22,24,25). The van der Waals surface area contributed by atoms with Crippen LogP contribution >= 0.6 is 0 Å². The molecule has 1 aliphatic heterocycles. The summed E-state index contributed by atoms with van der Waals surface area (Å²) in [6.45, 7) is 9.80.